The Morgan fingerprint density at radius 3 is 1.38 bits per heavy atom. The quantitative estimate of drug-likeness (QED) is 0.265. The van der Waals surface area contributed by atoms with Gasteiger partial charge in [0.1, 0.15) is 23.1 Å². The first-order valence-electron chi connectivity index (χ1n) is 10.0. The second kappa shape index (κ2) is 7.87. The SMILES string of the molecule is COc1c2cc(-c3ccc(F)cc3C)sc2c(OC)c2cc(-c3ccc(F)cc3C)sc12. The number of methoxy groups -OCH3 is 2. The second-order valence-corrected chi connectivity index (χ2v) is 9.80. The number of thiophene rings is 2. The number of halogens is 2. The van der Waals surface area contributed by atoms with E-state index < -0.39 is 0 Å². The fraction of sp³-hybridized carbons (Fsp3) is 0.154. The van der Waals surface area contributed by atoms with Gasteiger partial charge in [0.2, 0.25) is 0 Å². The zero-order chi connectivity index (χ0) is 22.6. The summed E-state index contributed by atoms with van der Waals surface area (Å²) in [5.74, 6) is 1.08. The summed E-state index contributed by atoms with van der Waals surface area (Å²) in [7, 11) is 3.34. The number of aryl methyl sites for hydroxylation is 2. The van der Waals surface area contributed by atoms with Crippen LogP contribution < -0.4 is 9.47 Å². The molecule has 5 rings (SSSR count). The van der Waals surface area contributed by atoms with Crippen molar-refractivity contribution in [2.24, 2.45) is 0 Å². The highest BCUT2D eigenvalue weighted by Gasteiger charge is 2.22. The van der Waals surface area contributed by atoms with Crippen LogP contribution in [0.1, 0.15) is 11.1 Å². The lowest BCUT2D eigenvalue weighted by Crippen LogP contribution is -1.88. The third-order valence-electron chi connectivity index (χ3n) is 5.68. The predicted molar refractivity (Wildman–Crippen MR) is 131 cm³/mol. The summed E-state index contributed by atoms with van der Waals surface area (Å²) < 4.78 is 41.0. The molecule has 0 aliphatic carbocycles. The molecular weight excluding hydrogens is 446 g/mol. The van der Waals surface area contributed by atoms with Gasteiger partial charge in [-0.05, 0) is 72.5 Å². The van der Waals surface area contributed by atoms with Gasteiger partial charge in [-0.3, -0.25) is 0 Å². The molecule has 2 aromatic heterocycles. The number of hydrogen-bond donors (Lipinski definition) is 0. The summed E-state index contributed by atoms with van der Waals surface area (Å²) in [5.41, 5.74) is 3.74. The van der Waals surface area contributed by atoms with Crippen LogP contribution in [0.5, 0.6) is 11.5 Å². The van der Waals surface area contributed by atoms with Gasteiger partial charge in [-0.15, -0.1) is 22.7 Å². The summed E-state index contributed by atoms with van der Waals surface area (Å²) in [4.78, 5) is 2.06. The minimum absolute atomic E-state index is 0.244. The lowest BCUT2D eigenvalue weighted by Gasteiger charge is -2.08. The maximum atomic E-state index is 13.6. The Morgan fingerprint density at radius 1 is 0.625 bits per heavy atom. The second-order valence-electron chi connectivity index (χ2n) is 7.69. The Kier molecular flexibility index (Phi) is 5.14. The molecule has 0 unspecified atom stereocenters. The van der Waals surface area contributed by atoms with Crippen molar-refractivity contribution in [3.8, 4) is 32.4 Å². The average molecular weight is 467 g/mol. The van der Waals surface area contributed by atoms with Crippen molar-refractivity contribution in [3.05, 3.63) is 71.3 Å². The number of rotatable bonds is 4. The third-order valence-corrected chi connectivity index (χ3v) is 8.02. The first-order chi connectivity index (χ1) is 15.4. The predicted octanol–water partition coefficient (Wildman–Crippen LogP) is 8.36. The molecule has 0 fully saturated rings. The lowest BCUT2D eigenvalue weighted by molar-refractivity contribution is 0.419. The van der Waals surface area contributed by atoms with Gasteiger partial charge >= 0.3 is 0 Å². The molecule has 2 heterocycles. The van der Waals surface area contributed by atoms with Crippen LogP contribution >= 0.6 is 22.7 Å². The molecule has 5 aromatic rings. The van der Waals surface area contributed by atoms with Crippen molar-refractivity contribution in [2.45, 2.75) is 13.8 Å². The molecule has 0 N–H and O–H groups in total. The minimum atomic E-state index is -0.244. The molecule has 3 aromatic carbocycles. The van der Waals surface area contributed by atoms with Crippen LogP contribution in [0, 0.1) is 25.5 Å². The number of hydrogen-bond acceptors (Lipinski definition) is 4. The summed E-state index contributed by atoms with van der Waals surface area (Å²) >= 11 is 3.21. The average Bonchev–Trinajstić information content (AvgIpc) is 3.36. The minimum Gasteiger partial charge on any atom is -0.495 e. The topological polar surface area (TPSA) is 18.5 Å². The summed E-state index contributed by atoms with van der Waals surface area (Å²) in [6.45, 7) is 3.82. The van der Waals surface area contributed by atoms with Crippen molar-refractivity contribution in [1.29, 1.82) is 0 Å². The Bertz CT molecular complexity index is 1330. The molecule has 0 saturated heterocycles. The van der Waals surface area contributed by atoms with E-state index >= 15 is 0 Å². The van der Waals surface area contributed by atoms with Gasteiger partial charge in [0.25, 0.3) is 0 Å². The van der Waals surface area contributed by atoms with Gasteiger partial charge in [0.15, 0.2) is 0 Å². The number of benzene rings is 3. The normalized spacial score (nSPS) is 11.4. The van der Waals surface area contributed by atoms with Crippen LogP contribution in [0.15, 0.2) is 48.5 Å². The van der Waals surface area contributed by atoms with Crippen LogP contribution in [0.25, 0.3) is 41.1 Å². The smallest absolute Gasteiger partial charge is 0.145 e. The maximum Gasteiger partial charge on any atom is 0.145 e. The molecule has 6 heteroatoms. The van der Waals surface area contributed by atoms with Crippen LogP contribution in [0.3, 0.4) is 0 Å². The molecule has 0 aliphatic heterocycles. The first-order valence-corrected chi connectivity index (χ1v) is 11.7. The molecule has 0 amide bonds. The van der Waals surface area contributed by atoms with E-state index in [0.717, 1.165) is 63.7 Å². The van der Waals surface area contributed by atoms with Crippen molar-refractivity contribution < 1.29 is 18.3 Å². The van der Waals surface area contributed by atoms with Crippen molar-refractivity contribution in [2.75, 3.05) is 14.2 Å². The molecule has 0 spiro atoms. The molecular formula is C26H20F2O2S2. The van der Waals surface area contributed by atoms with Crippen molar-refractivity contribution in [3.63, 3.8) is 0 Å². The molecule has 0 atom stereocenters. The van der Waals surface area contributed by atoms with Crippen LogP contribution in [-0.4, -0.2) is 14.2 Å². The van der Waals surface area contributed by atoms with Gasteiger partial charge in [-0.1, -0.05) is 12.1 Å². The summed E-state index contributed by atoms with van der Waals surface area (Å²) in [6, 6.07) is 13.9. The maximum absolute atomic E-state index is 13.6. The molecule has 0 bridgehead atoms. The van der Waals surface area contributed by atoms with Crippen molar-refractivity contribution in [1.82, 2.24) is 0 Å². The zero-order valence-corrected chi connectivity index (χ0v) is 19.6. The van der Waals surface area contributed by atoms with E-state index in [9.17, 15) is 8.78 Å². The van der Waals surface area contributed by atoms with E-state index in [0.29, 0.717) is 0 Å². The fourth-order valence-corrected chi connectivity index (χ4v) is 6.75. The fourth-order valence-electron chi connectivity index (χ4n) is 4.18. The highest BCUT2D eigenvalue weighted by atomic mass is 32.1. The summed E-state index contributed by atoms with van der Waals surface area (Å²) in [6.07, 6.45) is 0. The van der Waals surface area contributed by atoms with Gasteiger partial charge in [-0.25, -0.2) is 8.78 Å². The van der Waals surface area contributed by atoms with E-state index in [4.69, 9.17) is 9.47 Å². The molecule has 32 heavy (non-hydrogen) atoms. The van der Waals surface area contributed by atoms with E-state index in [2.05, 4.69) is 12.1 Å². The van der Waals surface area contributed by atoms with Crippen LogP contribution in [0.4, 0.5) is 8.78 Å². The Balaban J connectivity index is 1.78. The molecule has 0 aliphatic rings. The van der Waals surface area contributed by atoms with Gasteiger partial charge in [-0.2, -0.15) is 0 Å². The molecule has 0 radical (unpaired) electrons. The van der Waals surface area contributed by atoms with E-state index in [1.807, 2.05) is 26.0 Å². The summed E-state index contributed by atoms with van der Waals surface area (Å²) in [5, 5.41) is 1.93. The Labute approximate surface area is 192 Å². The van der Waals surface area contributed by atoms with E-state index in [1.54, 1.807) is 49.0 Å². The molecule has 162 valence electrons. The molecule has 0 saturated carbocycles. The van der Waals surface area contributed by atoms with Crippen LogP contribution in [-0.2, 0) is 0 Å². The monoisotopic (exact) mass is 466 g/mol. The number of fused-ring (bicyclic) bond motifs is 2. The highest BCUT2D eigenvalue weighted by molar-refractivity contribution is 7.24. The standard InChI is InChI=1S/C26H20F2O2S2/c1-13-9-15(27)5-7-17(13)21-11-19-23(29-3)26-20(24(30-4)25(19)31-21)12-22(32-26)18-8-6-16(28)10-14(18)2/h5-12H,1-4H3. The largest absolute Gasteiger partial charge is 0.495 e. The van der Waals surface area contributed by atoms with Gasteiger partial charge in [0, 0.05) is 20.5 Å². The Hall–Kier alpha value is -2.96. The Morgan fingerprint density at radius 2 is 1.03 bits per heavy atom. The first kappa shape index (κ1) is 20.9. The van der Waals surface area contributed by atoms with E-state index in [-0.39, 0.29) is 11.6 Å². The molecule has 2 nitrogen and oxygen atoms in total. The van der Waals surface area contributed by atoms with Crippen molar-refractivity contribution >= 4 is 42.8 Å². The van der Waals surface area contributed by atoms with Gasteiger partial charge in [0.05, 0.1) is 23.6 Å². The van der Waals surface area contributed by atoms with E-state index in [1.165, 1.54) is 12.1 Å². The highest BCUT2D eigenvalue weighted by Crippen LogP contribution is 2.52. The van der Waals surface area contributed by atoms with Crippen LogP contribution in [0.2, 0.25) is 0 Å². The third kappa shape index (κ3) is 3.26. The lowest BCUT2D eigenvalue weighted by atomic mass is 10.1. The number of ether oxygens (including phenoxy) is 2. The zero-order valence-electron chi connectivity index (χ0n) is 18.0. The van der Waals surface area contributed by atoms with Gasteiger partial charge < -0.3 is 9.47 Å².